The number of aryl methyl sites for hydroxylation is 2. The molecule has 1 aliphatic rings. The molecule has 1 N–H and O–H groups in total. The van der Waals surface area contributed by atoms with Gasteiger partial charge >= 0.3 is 0 Å². The van der Waals surface area contributed by atoms with E-state index in [1.54, 1.807) is 12.1 Å². The van der Waals surface area contributed by atoms with Crippen molar-refractivity contribution in [1.82, 2.24) is 15.1 Å². The van der Waals surface area contributed by atoms with E-state index in [4.69, 9.17) is 0 Å². The van der Waals surface area contributed by atoms with Crippen molar-refractivity contribution in [2.45, 2.75) is 18.3 Å². The summed E-state index contributed by atoms with van der Waals surface area (Å²) in [6, 6.07) is 9.00. The van der Waals surface area contributed by atoms with Crippen molar-refractivity contribution in [2.24, 2.45) is 7.05 Å². The third-order valence-corrected chi connectivity index (χ3v) is 4.17. The molecule has 0 spiro atoms. The Hall–Kier alpha value is -1.68. The van der Waals surface area contributed by atoms with Gasteiger partial charge in [0.15, 0.2) is 0 Å². The zero-order valence-corrected chi connectivity index (χ0v) is 11.1. The number of rotatable bonds is 4. The first-order valence-corrected chi connectivity index (χ1v) is 6.63. The Bertz CT molecular complexity index is 555. The monoisotopic (exact) mass is 259 g/mol. The van der Waals surface area contributed by atoms with Gasteiger partial charge in [0.05, 0.1) is 0 Å². The van der Waals surface area contributed by atoms with Gasteiger partial charge in [0.1, 0.15) is 5.82 Å². The van der Waals surface area contributed by atoms with Crippen LogP contribution in [0, 0.1) is 5.82 Å². The molecule has 0 amide bonds. The van der Waals surface area contributed by atoms with Gasteiger partial charge in [0.25, 0.3) is 0 Å². The van der Waals surface area contributed by atoms with Crippen LogP contribution in [0.2, 0.25) is 0 Å². The molecule has 19 heavy (non-hydrogen) atoms. The molecule has 0 aliphatic carbocycles. The molecule has 2 heterocycles. The Labute approximate surface area is 112 Å². The maximum atomic E-state index is 13.0. The standard InChI is InChI=1S/C15H18FN3/c1-19-14(7-9-18-19)6-8-15(10-17-11-15)12-2-4-13(16)5-3-12/h2-5,7,9,17H,6,8,10-11H2,1H3. The molecule has 1 aromatic carbocycles. The summed E-state index contributed by atoms with van der Waals surface area (Å²) in [5.41, 5.74) is 2.63. The molecule has 1 aliphatic heterocycles. The summed E-state index contributed by atoms with van der Waals surface area (Å²) in [7, 11) is 1.97. The van der Waals surface area contributed by atoms with Crippen LogP contribution >= 0.6 is 0 Å². The van der Waals surface area contributed by atoms with Gasteiger partial charge < -0.3 is 5.32 Å². The average Bonchev–Trinajstić information content (AvgIpc) is 2.76. The van der Waals surface area contributed by atoms with Crippen molar-refractivity contribution in [3.8, 4) is 0 Å². The molecule has 0 unspecified atom stereocenters. The quantitative estimate of drug-likeness (QED) is 0.910. The Morgan fingerprint density at radius 1 is 1.26 bits per heavy atom. The van der Waals surface area contributed by atoms with Crippen molar-refractivity contribution in [1.29, 1.82) is 0 Å². The number of benzene rings is 1. The molecule has 1 aromatic heterocycles. The topological polar surface area (TPSA) is 29.9 Å². The molecule has 4 heteroatoms. The van der Waals surface area contributed by atoms with Gasteiger partial charge in [-0.25, -0.2) is 4.39 Å². The van der Waals surface area contributed by atoms with E-state index < -0.39 is 0 Å². The van der Waals surface area contributed by atoms with E-state index >= 15 is 0 Å². The van der Waals surface area contributed by atoms with Gasteiger partial charge in [0, 0.05) is 37.4 Å². The van der Waals surface area contributed by atoms with Gasteiger partial charge in [-0.2, -0.15) is 5.10 Å². The molecule has 0 atom stereocenters. The van der Waals surface area contributed by atoms with Crippen LogP contribution in [-0.2, 0) is 18.9 Å². The minimum Gasteiger partial charge on any atom is -0.315 e. The van der Waals surface area contributed by atoms with Crippen molar-refractivity contribution in [2.75, 3.05) is 13.1 Å². The normalized spacial score (nSPS) is 17.2. The highest BCUT2D eigenvalue weighted by Gasteiger charge is 2.38. The van der Waals surface area contributed by atoms with Crippen LogP contribution < -0.4 is 5.32 Å². The maximum absolute atomic E-state index is 13.0. The second kappa shape index (κ2) is 4.78. The Kier molecular flexibility index (Phi) is 3.11. The Morgan fingerprint density at radius 2 is 2.00 bits per heavy atom. The predicted molar refractivity (Wildman–Crippen MR) is 72.5 cm³/mol. The van der Waals surface area contributed by atoms with Gasteiger partial charge in [-0.1, -0.05) is 12.1 Å². The summed E-state index contributed by atoms with van der Waals surface area (Å²) in [4.78, 5) is 0. The second-order valence-corrected chi connectivity index (χ2v) is 5.34. The first kappa shape index (κ1) is 12.4. The number of halogens is 1. The summed E-state index contributed by atoms with van der Waals surface area (Å²) in [6.07, 6.45) is 3.89. The van der Waals surface area contributed by atoms with E-state index in [-0.39, 0.29) is 11.2 Å². The maximum Gasteiger partial charge on any atom is 0.123 e. The first-order valence-electron chi connectivity index (χ1n) is 6.63. The third-order valence-electron chi connectivity index (χ3n) is 4.17. The van der Waals surface area contributed by atoms with Crippen molar-refractivity contribution < 1.29 is 4.39 Å². The smallest absolute Gasteiger partial charge is 0.123 e. The molecule has 1 saturated heterocycles. The summed E-state index contributed by atoms with van der Waals surface area (Å²) in [5.74, 6) is -0.169. The molecule has 100 valence electrons. The molecular weight excluding hydrogens is 241 g/mol. The van der Waals surface area contributed by atoms with Crippen LogP contribution in [0.4, 0.5) is 4.39 Å². The number of nitrogens with one attached hydrogen (secondary N) is 1. The van der Waals surface area contributed by atoms with Crippen LogP contribution in [0.5, 0.6) is 0 Å². The summed E-state index contributed by atoms with van der Waals surface area (Å²) < 4.78 is 15.0. The molecule has 1 fully saturated rings. The van der Waals surface area contributed by atoms with Gasteiger partial charge in [-0.3, -0.25) is 4.68 Å². The minimum atomic E-state index is -0.169. The Morgan fingerprint density at radius 3 is 2.53 bits per heavy atom. The van der Waals surface area contributed by atoms with Gasteiger partial charge in [-0.05, 0) is 36.6 Å². The molecule has 0 saturated carbocycles. The summed E-state index contributed by atoms with van der Waals surface area (Å²) in [5, 5.41) is 7.54. The molecule has 3 nitrogen and oxygen atoms in total. The van der Waals surface area contributed by atoms with Crippen molar-refractivity contribution in [3.63, 3.8) is 0 Å². The lowest BCUT2D eigenvalue weighted by molar-refractivity contribution is 0.256. The fourth-order valence-corrected chi connectivity index (χ4v) is 2.77. The third kappa shape index (κ3) is 2.28. The summed E-state index contributed by atoms with van der Waals surface area (Å²) in [6.45, 7) is 1.94. The molecule has 0 bridgehead atoms. The molecule has 3 rings (SSSR count). The Balaban J connectivity index is 1.76. The van der Waals surface area contributed by atoms with Crippen molar-refractivity contribution >= 4 is 0 Å². The van der Waals surface area contributed by atoms with Crippen LogP contribution in [0.25, 0.3) is 0 Å². The average molecular weight is 259 g/mol. The zero-order chi connectivity index (χ0) is 13.3. The lowest BCUT2D eigenvalue weighted by Crippen LogP contribution is -2.57. The van der Waals surface area contributed by atoms with Crippen LogP contribution in [0.3, 0.4) is 0 Å². The van der Waals surface area contributed by atoms with E-state index in [0.717, 1.165) is 25.9 Å². The fourth-order valence-electron chi connectivity index (χ4n) is 2.77. The van der Waals surface area contributed by atoms with E-state index in [9.17, 15) is 4.39 Å². The van der Waals surface area contributed by atoms with Crippen LogP contribution in [-0.4, -0.2) is 22.9 Å². The lowest BCUT2D eigenvalue weighted by Gasteiger charge is -2.43. The highest BCUT2D eigenvalue weighted by molar-refractivity contribution is 5.30. The van der Waals surface area contributed by atoms with E-state index in [2.05, 4.69) is 16.5 Å². The molecule has 2 aromatic rings. The van der Waals surface area contributed by atoms with Crippen molar-refractivity contribution in [3.05, 3.63) is 53.6 Å². The molecular formula is C15H18FN3. The van der Waals surface area contributed by atoms with Gasteiger partial charge in [0.2, 0.25) is 0 Å². The number of nitrogens with zero attached hydrogens (tertiary/aromatic N) is 2. The highest BCUT2D eigenvalue weighted by atomic mass is 19.1. The SMILES string of the molecule is Cn1nccc1CCC1(c2ccc(F)cc2)CNC1. The van der Waals surface area contributed by atoms with E-state index in [0.29, 0.717) is 0 Å². The zero-order valence-electron chi connectivity index (χ0n) is 11.1. The number of hydrogen-bond donors (Lipinski definition) is 1. The lowest BCUT2D eigenvalue weighted by atomic mass is 9.71. The number of aromatic nitrogens is 2. The predicted octanol–water partition coefficient (Wildman–Crippen LogP) is 2.03. The summed E-state index contributed by atoms with van der Waals surface area (Å²) >= 11 is 0. The van der Waals surface area contributed by atoms with E-state index in [1.807, 2.05) is 30.1 Å². The number of hydrogen-bond acceptors (Lipinski definition) is 2. The van der Waals surface area contributed by atoms with Crippen LogP contribution in [0.15, 0.2) is 36.5 Å². The second-order valence-electron chi connectivity index (χ2n) is 5.34. The largest absolute Gasteiger partial charge is 0.315 e. The fraction of sp³-hybridized carbons (Fsp3) is 0.400. The first-order chi connectivity index (χ1) is 9.20. The molecule has 0 radical (unpaired) electrons. The highest BCUT2D eigenvalue weighted by Crippen LogP contribution is 2.33. The van der Waals surface area contributed by atoms with E-state index in [1.165, 1.54) is 11.3 Å². The minimum absolute atomic E-state index is 0.151. The van der Waals surface area contributed by atoms with Crippen LogP contribution in [0.1, 0.15) is 17.7 Å². The van der Waals surface area contributed by atoms with Gasteiger partial charge in [-0.15, -0.1) is 0 Å².